The number of hydrogen-bond acceptors (Lipinski definition) is 6. The summed E-state index contributed by atoms with van der Waals surface area (Å²) in [7, 11) is 3.93. The molecule has 1 N–H and O–H groups in total. The lowest BCUT2D eigenvalue weighted by Gasteiger charge is -2.31. The van der Waals surface area contributed by atoms with Crippen LogP contribution in [0.3, 0.4) is 0 Å². The number of ether oxygens (including phenoxy) is 1. The molecule has 1 saturated heterocycles. The van der Waals surface area contributed by atoms with E-state index in [1.807, 2.05) is 39.6 Å². The van der Waals surface area contributed by atoms with Gasteiger partial charge in [0.2, 0.25) is 0 Å². The smallest absolute Gasteiger partial charge is 0.163 e. The van der Waals surface area contributed by atoms with Crippen molar-refractivity contribution in [2.24, 2.45) is 20.0 Å². The zero-order valence-electron chi connectivity index (χ0n) is 14.8. The minimum atomic E-state index is 0.0709. The zero-order valence-corrected chi connectivity index (χ0v) is 14.8. The first-order chi connectivity index (χ1) is 12.1. The summed E-state index contributed by atoms with van der Waals surface area (Å²) in [6, 6.07) is 0.0709. The van der Waals surface area contributed by atoms with Crippen LogP contribution in [0, 0.1) is 12.8 Å². The molecule has 0 unspecified atom stereocenters. The van der Waals surface area contributed by atoms with Crippen LogP contribution in [0.1, 0.15) is 30.5 Å². The standard InChI is InChI=1S/C17H23N7O/c1-11-20-15(13-10-19-24(3)16(13)21-11)22-14(12-4-8-25-9-5-12)17-18-6-7-23(17)2/h6-7,10,12,14H,4-5,8-9H2,1-3H3,(H,20,21,22)/t14-/m1/s1. The monoisotopic (exact) mass is 341 g/mol. The number of nitrogens with zero attached hydrogens (tertiary/aromatic N) is 6. The maximum Gasteiger partial charge on any atom is 0.163 e. The highest BCUT2D eigenvalue weighted by atomic mass is 16.5. The van der Waals surface area contributed by atoms with Crippen molar-refractivity contribution in [2.75, 3.05) is 18.5 Å². The highest BCUT2D eigenvalue weighted by molar-refractivity contribution is 5.86. The molecule has 0 radical (unpaired) electrons. The molecule has 4 heterocycles. The van der Waals surface area contributed by atoms with Gasteiger partial charge in [0.05, 0.1) is 17.6 Å². The lowest BCUT2D eigenvalue weighted by Crippen LogP contribution is -2.29. The van der Waals surface area contributed by atoms with E-state index in [2.05, 4.69) is 29.9 Å². The first-order valence-electron chi connectivity index (χ1n) is 8.61. The molecule has 1 aliphatic rings. The largest absolute Gasteiger partial charge is 0.381 e. The highest BCUT2D eigenvalue weighted by Gasteiger charge is 2.29. The van der Waals surface area contributed by atoms with Gasteiger partial charge in [-0.05, 0) is 25.7 Å². The average molecular weight is 341 g/mol. The third-order valence-corrected chi connectivity index (χ3v) is 4.87. The van der Waals surface area contributed by atoms with E-state index in [0.717, 1.165) is 54.6 Å². The Morgan fingerprint density at radius 2 is 2.04 bits per heavy atom. The van der Waals surface area contributed by atoms with Gasteiger partial charge in [-0.3, -0.25) is 4.68 Å². The molecule has 1 fully saturated rings. The molecule has 1 aliphatic heterocycles. The summed E-state index contributed by atoms with van der Waals surface area (Å²) in [5.41, 5.74) is 0.834. The summed E-state index contributed by atoms with van der Waals surface area (Å²) in [4.78, 5) is 13.7. The van der Waals surface area contributed by atoms with E-state index in [0.29, 0.717) is 5.92 Å². The van der Waals surface area contributed by atoms with Gasteiger partial charge in [0.15, 0.2) is 5.65 Å². The second-order valence-corrected chi connectivity index (χ2v) is 6.59. The number of rotatable bonds is 4. The second kappa shape index (κ2) is 6.44. The number of fused-ring (bicyclic) bond motifs is 1. The maximum atomic E-state index is 5.55. The molecule has 132 valence electrons. The van der Waals surface area contributed by atoms with Gasteiger partial charge in [0, 0.05) is 39.7 Å². The van der Waals surface area contributed by atoms with Crippen LogP contribution in [0.4, 0.5) is 5.82 Å². The van der Waals surface area contributed by atoms with E-state index < -0.39 is 0 Å². The molecule has 4 rings (SSSR count). The second-order valence-electron chi connectivity index (χ2n) is 6.59. The Hall–Kier alpha value is -2.48. The minimum absolute atomic E-state index is 0.0709. The van der Waals surface area contributed by atoms with Gasteiger partial charge >= 0.3 is 0 Å². The van der Waals surface area contributed by atoms with Gasteiger partial charge in [0.1, 0.15) is 17.5 Å². The van der Waals surface area contributed by atoms with E-state index in [-0.39, 0.29) is 6.04 Å². The molecule has 1 atom stereocenters. The van der Waals surface area contributed by atoms with Crippen LogP contribution < -0.4 is 5.32 Å². The number of aryl methyl sites for hydroxylation is 3. The molecule has 25 heavy (non-hydrogen) atoms. The van der Waals surface area contributed by atoms with Crippen molar-refractivity contribution in [3.05, 3.63) is 30.2 Å². The van der Waals surface area contributed by atoms with E-state index in [1.54, 1.807) is 4.68 Å². The topological polar surface area (TPSA) is 82.7 Å². The summed E-state index contributed by atoms with van der Waals surface area (Å²) in [6.07, 6.45) is 7.65. The quantitative estimate of drug-likeness (QED) is 0.781. The molecule has 8 nitrogen and oxygen atoms in total. The van der Waals surface area contributed by atoms with Crippen LogP contribution in [-0.2, 0) is 18.8 Å². The van der Waals surface area contributed by atoms with Crippen LogP contribution in [0.2, 0.25) is 0 Å². The van der Waals surface area contributed by atoms with E-state index in [4.69, 9.17) is 4.74 Å². The molecule has 0 spiro atoms. The highest BCUT2D eigenvalue weighted by Crippen LogP contribution is 2.33. The van der Waals surface area contributed by atoms with Crippen molar-refractivity contribution < 1.29 is 4.74 Å². The van der Waals surface area contributed by atoms with Gasteiger partial charge in [-0.2, -0.15) is 5.10 Å². The first-order valence-corrected chi connectivity index (χ1v) is 8.61. The molecule has 0 bridgehead atoms. The lowest BCUT2D eigenvalue weighted by molar-refractivity contribution is 0.0594. The summed E-state index contributed by atoms with van der Waals surface area (Å²) in [5, 5.41) is 8.91. The van der Waals surface area contributed by atoms with Crippen molar-refractivity contribution in [3.63, 3.8) is 0 Å². The summed E-state index contributed by atoms with van der Waals surface area (Å²) in [6.45, 7) is 3.48. The Morgan fingerprint density at radius 1 is 1.24 bits per heavy atom. The van der Waals surface area contributed by atoms with Gasteiger partial charge in [-0.15, -0.1) is 0 Å². The van der Waals surface area contributed by atoms with Crippen LogP contribution in [-0.4, -0.2) is 42.5 Å². The summed E-state index contributed by atoms with van der Waals surface area (Å²) >= 11 is 0. The van der Waals surface area contributed by atoms with Crippen LogP contribution in [0.25, 0.3) is 11.0 Å². The first kappa shape index (κ1) is 16.0. The van der Waals surface area contributed by atoms with Crippen LogP contribution in [0.15, 0.2) is 18.6 Å². The van der Waals surface area contributed by atoms with E-state index in [9.17, 15) is 0 Å². The van der Waals surface area contributed by atoms with Gasteiger partial charge in [-0.1, -0.05) is 0 Å². The predicted octanol–water partition coefficient (Wildman–Crippen LogP) is 1.99. The van der Waals surface area contributed by atoms with Gasteiger partial charge in [-0.25, -0.2) is 15.0 Å². The van der Waals surface area contributed by atoms with Crippen molar-refractivity contribution in [2.45, 2.75) is 25.8 Å². The lowest BCUT2D eigenvalue weighted by atomic mass is 9.91. The molecule has 3 aromatic rings. The Balaban J connectivity index is 1.75. The van der Waals surface area contributed by atoms with Crippen molar-refractivity contribution in [1.82, 2.24) is 29.3 Å². The normalized spacial score (nSPS) is 17.1. The van der Waals surface area contributed by atoms with Crippen molar-refractivity contribution in [1.29, 1.82) is 0 Å². The molecule has 0 aromatic carbocycles. The summed E-state index contributed by atoms with van der Waals surface area (Å²) in [5.74, 6) is 3.00. The zero-order chi connectivity index (χ0) is 17.4. The predicted molar refractivity (Wildman–Crippen MR) is 94.2 cm³/mol. The summed E-state index contributed by atoms with van der Waals surface area (Å²) < 4.78 is 9.39. The Morgan fingerprint density at radius 3 is 2.76 bits per heavy atom. The number of aromatic nitrogens is 6. The Kier molecular flexibility index (Phi) is 4.12. The molecule has 0 aliphatic carbocycles. The Labute approximate surface area is 146 Å². The Bertz CT molecular complexity index is 878. The molecular weight excluding hydrogens is 318 g/mol. The van der Waals surface area contributed by atoms with E-state index >= 15 is 0 Å². The fraction of sp³-hybridized carbons (Fsp3) is 0.529. The SMILES string of the molecule is Cc1nc(N[C@@H](c2nccn2C)C2CCOCC2)c2cnn(C)c2n1. The van der Waals surface area contributed by atoms with Crippen molar-refractivity contribution in [3.8, 4) is 0 Å². The van der Waals surface area contributed by atoms with Gasteiger partial charge in [0.25, 0.3) is 0 Å². The maximum absolute atomic E-state index is 5.55. The van der Waals surface area contributed by atoms with Crippen LogP contribution >= 0.6 is 0 Å². The third-order valence-electron chi connectivity index (χ3n) is 4.87. The molecule has 3 aromatic heterocycles. The number of anilines is 1. The molecule has 0 amide bonds. The molecule has 0 saturated carbocycles. The van der Waals surface area contributed by atoms with Crippen LogP contribution in [0.5, 0.6) is 0 Å². The number of nitrogens with one attached hydrogen (secondary N) is 1. The molecular formula is C17H23N7O. The fourth-order valence-corrected chi connectivity index (χ4v) is 3.51. The van der Waals surface area contributed by atoms with Crippen molar-refractivity contribution >= 4 is 16.9 Å². The van der Waals surface area contributed by atoms with Gasteiger partial charge < -0.3 is 14.6 Å². The molecule has 8 heteroatoms. The third kappa shape index (κ3) is 2.97. The fourth-order valence-electron chi connectivity index (χ4n) is 3.51. The van der Waals surface area contributed by atoms with E-state index in [1.165, 1.54) is 0 Å². The number of imidazole rings is 1. The number of hydrogen-bond donors (Lipinski definition) is 1. The average Bonchev–Trinajstić information content (AvgIpc) is 3.20. The minimum Gasteiger partial charge on any atom is -0.381 e.